The Labute approximate surface area is 70.2 Å². The number of carbonyl (C=O) groups is 3. The van der Waals surface area contributed by atoms with Gasteiger partial charge in [-0.15, -0.1) is 0 Å². The summed E-state index contributed by atoms with van der Waals surface area (Å²) in [7, 11) is 0. The van der Waals surface area contributed by atoms with Crippen molar-refractivity contribution < 1.29 is 19.1 Å². The van der Waals surface area contributed by atoms with Crippen LogP contribution in [0, 0.1) is 0 Å². The van der Waals surface area contributed by atoms with Gasteiger partial charge < -0.3 is 4.74 Å². The fourth-order valence-electron chi connectivity index (χ4n) is 0.426. The minimum atomic E-state index is -0.579. The predicted octanol–water partition coefficient (Wildman–Crippen LogP) is 0.264. The molecule has 0 aromatic heterocycles. The van der Waals surface area contributed by atoms with Gasteiger partial charge in [0.25, 0.3) is 0 Å². The van der Waals surface area contributed by atoms with Crippen molar-refractivity contribution in [2.24, 2.45) is 0 Å². The first-order valence-corrected chi connectivity index (χ1v) is 3.38. The van der Waals surface area contributed by atoms with Crippen LogP contribution in [0.2, 0.25) is 0 Å². The first kappa shape index (κ1) is 10.6. The lowest BCUT2D eigenvalue weighted by Crippen LogP contribution is -2.10. The van der Waals surface area contributed by atoms with Gasteiger partial charge in [-0.25, -0.2) is 4.79 Å². The Hall–Kier alpha value is -1.45. The first-order valence-electron chi connectivity index (χ1n) is 3.38. The first-order chi connectivity index (χ1) is 5.57. The second kappa shape index (κ2) is 5.23. The Balaban J connectivity index is 3.57. The van der Waals surface area contributed by atoms with Gasteiger partial charge in [0, 0.05) is 12.0 Å². The van der Waals surface area contributed by atoms with Crippen molar-refractivity contribution >= 4 is 18.0 Å². The minimum Gasteiger partial charge on any atom is -0.462 e. The SMILES string of the molecule is C=C(C)C(=O)OCCC(=O)C=O. The molecule has 66 valence electrons. The average Bonchev–Trinajstić information content (AvgIpc) is 2.03. The normalized spacial score (nSPS) is 8.75. The monoisotopic (exact) mass is 170 g/mol. The molecular formula is C8H10O4. The predicted molar refractivity (Wildman–Crippen MR) is 41.5 cm³/mol. The Morgan fingerprint density at radius 3 is 2.50 bits per heavy atom. The molecular weight excluding hydrogens is 160 g/mol. The molecule has 4 heteroatoms. The van der Waals surface area contributed by atoms with Crippen molar-refractivity contribution in [1.29, 1.82) is 0 Å². The number of aldehydes is 1. The molecule has 4 nitrogen and oxygen atoms in total. The Morgan fingerprint density at radius 1 is 1.50 bits per heavy atom. The van der Waals surface area contributed by atoms with Crippen LogP contribution in [0.1, 0.15) is 13.3 Å². The standard InChI is InChI=1S/C8H10O4/c1-6(2)8(11)12-4-3-7(10)5-9/h5H,1,3-4H2,2H3. The van der Waals surface area contributed by atoms with E-state index in [9.17, 15) is 14.4 Å². The van der Waals surface area contributed by atoms with Crippen LogP contribution in [0.25, 0.3) is 0 Å². The van der Waals surface area contributed by atoms with Gasteiger partial charge in [0.2, 0.25) is 0 Å². The number of rotatable bonds is 5. The number of ketones is 1. The molecule has 0 aliphatic rings. The molecule has 0 spiro atoms. The molecule has 0 fully saturated rings. The van der Waals surface area contributed by atoms with Crippen LogP contribution < -0.4 is 0 Å². The lowest BCUT2D eigenvalue weighted by atomic mass is 10.3. The third kappa shape index (κ3) is 4.38. The average molecular weight is 170 g/mol. The van der Waals surface area contributed by atoms with Gasteiger partial charge in [-0.2, -0.15) is 0 Å². The van der Waals surface area contributed by atoms with Gasteiger partial charge >= 0.3 is 5.97 Å². The second-order valence-corrected chi connectivity index (χ2v) is 2.25. The summed E-state index contributed by atoms with van der Waals surface area (Å²) in [5.41, 5.74) is 0.272. The van der Waals surface area contributed by atoms with Crippen molar-refractivity contribution in [3.05, 3.63) is 12.2 Å². The van der Waals surface area contributed by atoms with Crippen molar-refractivity contribution in [1.82, 2.24) is 0 Å². The van der Waals surface area contributed by atoms with Gasteiger partial charge in [0.1, 0.15) is 0 Å². The molecule has 0 heterocycles. The van der Waals surface area contributed by atoms with Crippen LogP contribution in [-0.4, -0.2) is 24.6 Å². The van der Waals surface area contributed by atoms with E-state index in [-0.39, 0.29) is 24.9 Å². The van der Waals surface area contributed by atoms with E-state index in [1.165, 1.54) is 6.92 Å². The van der Waals surface area contributed by atoms with Crippen LogP contribution in [0.4, 0.5) is 0 Å². The third-order valence-corrected chi connectivity index (χ3v) is 1.06. The summed E-state index contributed by atoms with van der Waals surface area (Å²) in [6, 6.07) is 0. The zero-order chi connectivity index (χ0) is 9.56. The molecule has 0 N–H and O–H groups in total. The molecule has 0 saturated heterocycles. The summed E-state index contributed by atoms with van der Waals surface area (Å²) in [5.74, 6) is -1.13. The zero-order valence-electron chi connectivity index (χ0n) is 6.83. The molecule has 0 aromatic rings. The fourth-order valence-corrected chi connectivity index (χ4v) is 0.426. The van der Waals surface area contributed by atoms with Crippen molar-refractivity contribution in [2.75, 3.05) is 6.61 Å². The van der Waals surface area contributed by atoms with E-state index in [1.807, 2.05) is 0 Å². The number of esters is 1. The van der Waals surface area contributed by atoms with Gasteiger partial charge in [0.05, 0.1) is 6.61 Å². The quantitative estimate of drug-likeness (QED) is 0.257. The highest BCUT2D eigenvalue weighted by atomic mass is 16.5. The number of hydrogen-bond donors (Lipinski definition) is 0. The van der Waals surface area contributed by atoms with Crippen LogP contribution >= 0.6 is 0 Å². The summed E-state index contributed by atoms with van der Waals surface area (Å²) in [4.78, 5) is 30.9. The lowest BCUT2D eigenvalue weighted by Gasteiger charge is -2.00. The molecule has 0 saturated carbocycles. The van der Waals surface area contributed by atoms with Crippen molar-refractivity contribution in [2.45, 2.75) is 13.3 Å². The van der Waals surface area contributed by atoms with Crippen LogP contribution in [0.3, 0.4) is 0 Å². The van der Waals surface area contributed by atoms with Gasteiger partial charge in [0.15, 0.2) is 12.1 Å². The van der Waals surface area contributed by atoms with E-state index in [4.69, 9.17) is 0 Å². The van der Waals surface area contributed by atoms with E-state index in [1.54, 1.807) is 0 Å². The second-order valence-electron chi connectivity index (χ2n) is 2.25. The summed E-state index contributed by atoms with van der Waals surface area (Å²) >= 11 is 0. The van der Waals surface area contributed by atoms with Gasteiger partial charge in [-0.1, -0.05) is 6.58 Å². The maximum absolute atomic E-state index is 10.7. The molecule has 0 aliphatic carbocycles. The number of ether oxygens (including phenoxy) is 1. The highest BCUT2D eigenvalue weighted by Crippen LogP contribution is 1.93. The van der Waals surface area contributed by atoms with Crippen molar-refractivity contribution in [3.8, 4) is 0 Å². The maximum Gasteiger partial charge on any atom is 0.333 e. The van der Waals surface area contributed by atoms with E-state index in [0.717, 1.165) is 0 Å². The van der Waals surface area contributed by atoms with E-state index in [0.29, 0.717) is 0 Å². The molecule has 12 heavy (non-hydrogen) atoms. The third-order valence-electron chi connectivity index (χ3n) is 1.06. The zero-order valence-corrected chi connectivity index (χ0v) is 6.83. The highest BCUT2D eigenvalue weighted by Gasteiger charge is 2.04. The summed E-state index contributed by atoms with van der Waals surface area (Å²) in [5, 5.41) is 0. The molecule has 0 unspecified atom stereocenters. The molecule has 0 amide bonds. The minimum absolute atomic E-state index is 0.0662. The number of Topliss-reactive ketones (excluding diaryl/α,β-unsaturated/α-hetero) is 1. The molecule has 0 bridgehead atoms. The molecule has 0 atom stereocenters. The number of hydrogen-bond acceptors (Lipinski definition) is 4. The lowest BCUT2D eigenvalue weighted by molar-refractivity contribution is -0.140. The van der Waals surface area contributed by atoms with Crippen LogP contribution in [-0.2, 0) is 19.1 Å². The van der Waals surface area contributed by atoms with E-state index >= 15 is 0 Å². The molecule has 0 radical (unpaired) electrons. The summed E-state index contributed by atoms with van der Waals surface area (Å²) < 4.78 is 4.56. The van der Waals surface area contributed by atoms with Gasteiger partial charge in [-0.3, -0.25) is 9.59 Å². The fraction of sp³-hybridized carbons (Fsp3) is 0.375. The Bertz CT molecular complexity index is 217. The largest absolute Gasteiger partial charge is 0.462 e. The number of carbonyl (C=O) groups excluding carboxylic acids is 3. The summed E-state index contributed by atoms with van der Waals surface area (Å²) in [6.45, 7) is 4.78. The van der Waals surface area contributed by atoms with E-state index < -0.39 is 11.8 Å². The molecule has 0 aliphatic heterocycles. The van der Waals surface area contributed by atoms with Crippen molar-refractivity contribution in [3.63, 3.8) is 0 Å². The topological polar surface area (TPSA) is 60.4 Å². The molecule has 0 aromatic carbocycles. The maximum atomic E-state index is 10.7. The highest BCUT2D eigenvalue weighted by molar-refractivity contribution is 6.24. The smallest absolute Gasteiger partial charge is 0.333 e. The van der Waals surface area contributed by atoms with Crippen LogP contribution in [0.5, 0.6) is 0 Å². The summed E-state index contributed by atoms with van der Waals surface area (Å²) in [6.07, 6.45) is 0.136. The molecule has 0 rings (SSSR count). The van der Waals surface area contributed by atoms with E-state index in [2.05, 4.69) is 11.3 Å². The van der Waals surface area contributed by atoms with Crippen LogP contribution in [0.15, 0.2) is 12.2 Å². The Kier molecular flexibility index (Phi) is 4.60. The van der Waals surface area contributed by atoms with Gasteiger partial charge in [-0.05, 0) is 6.92 Å². The Morgan fingerprint density at radius 2 is 2.08 bits per heavy atom.